The van der Waals surface area contributed by atoms with E-state index in [2.05, 4.69) is 10.6 Å². The van der Waals surface area contributed by atoms with Crippen LogP contribution in [-0.4, -0.2) is 29.9 Å². The average molecular weight is 282 g/mol. The first-order valence-corrected chi connectivity index (χ1v) is 7.14. The molecule has 1 rings (SSSR count). The molecule has 0 bridgehead atoms. The fourth-order valence-electron chi connectivity index (χ4n) is 1.51. The van der Waals surface area contributed by atoms with Gasteiger partial charge >= 0.3 is 12.0 Å². The van der Waals surface area contributed by atoms with Crippen molar-refractivity contribution in [2.75, 3.05) is 18.1 Å². The number of carboxylic acid groups (broad SMARTS) is 1. The Kier molecular flexibility index (Phi) is 6.21. The highest BCUT2D eigenvalue weighted by molar-refractivity contribution is 7.98. The number of thioether (sulfide) groups is 1. The molecule has 104 valence electrons. The zero-order valence-electron chi connectivity index (χ0n) is 11.0. The molecule has 0 aromatic heterocycles. The van der Waals surface area contributed by atoms with Crippen LogP contribution in [-0.2, 0) is 4.79 Å². The maximum absolute atomic E-state index is 11.6. The molecule has 0 aliphatic rings. The quantitative estimate of drug-likeness (QED) is 0.701. The van der Waals surface area contributed by atoms with Gasteiger partial charge in [-0.2, -0.15) is 0 Å². The van der Waals surface area contributed by atoms with Crippen molar-refractivity contribution in [2.45, 2.75) is 18.2 Å². The Morgan fingerprint density at radius 3 is 2.79 bits per heavy atom. The Morgan fingerprint density at radius 1 is 1.42 bits per heavy atom. The monoisotopic (exact) mass is 282 g/mol. The molecular weight excluding hydrogens is 264 g/mol. The first-order chi connectivity index (χ1) is 9.01. The molecule has 2 amide bonds. The lowest BCUT2D eigenvalue weighted by Crippen LogP contribution is -2.32. The lowest BCUT2D eigenvalue weighted by molar-refractivity contribution is -0.137. The van der Waals surface area contributed by atoms with Crippen LogP contribution in [0.5, 0.6) is 0 Å². The van der Waals surface area contributed by atoms with Gasteiger partial charge in [0.2, 0.25) is 0 Å². The summed E-state index contributed by atoms with van der Waals surface area (Å²) in [5.41, 5.74) is 0.718. The number of benzene rings is 1. The van der Waals surface area contributed by atoms with Crippen molar-refractivity contribution in [2.24, 2.45) is 5.92 Å². The molecule has 1 atom stereocenters. The molecule has 0 spiro atoms. The molecule has 1 unspecified atom stereocenters. The molecule has 5 nitrogen and oxygen atoms in total. The number of hydrogen-bond acceptors (Lipinski definition) is 3. The zero-order chi connectivity index (χ0) is 14.3. The third-order valence-electron chi connectivity index (χ3n) is 2.46. The van der Waals surface area contributed by atoms with Gasteiger partial charge in [-0.25, -0.2) is 4.79 Å². The van der Waals surface area contributed by atoms with Crippen LogP contribution in [0.3, 0.4) is 0 Å². The number of amides is 2. The van der Waals surface area contributed by atoms with Crippen LogP contribution in [0.25, 0.3) is 0 Å². The number of carboxylic acids is 1. The minimum absolute atomic E-state index is 0.0439. The molecular formula is C13H18N2O3S. The Morgan fingerprint density at radius 2 is 2.16 bits per heavy atom. The second-order valence-electron chi connectivity index (χ2n) is 4.27. The summed E-state index contributed by atoms with van der Waals surface area (Å²) in [5, 5.41) is 14.0. The minimum atomic E-state index is -0.859. The Hall–Kier alpha value is -1.69. The van der Waals surface area contributed by atoms with Crippen LogP contribution in [0.15, 0.2) is 29.2 Å². The van der Waals surface area contributed by atoms with Crippen LogP contribution >= 0.6 is 11.8 Å². The normalized spacial score (nSPS) is 11.7. The highest BCUT2D eigenvalue weighted by Crippen LogP contribution is 2.18. The van der Waals surface area contributed by atoms with Gasteiger partial charge in [-0.1, -0.05) is 13.0 Å². The summed E-state index contributed by atoms with van der Waals surface area (Å²) in [6, 6.07) is 7.19. The van der Waals surface area contributed by atoms with Gasteiger partial charge in [0.15, 0.2) is 0 Å². The third kappa shape index (κ3) is 6.15. The van der Waals surface area contributed by atoms with Crippen LogP contribution in [0.1, 0.15) is 13.3 Å². The lowest BCUT2D eigenvalue weighted by Gasteiger charge is -2.11. The molecule has 1 aromatic carbocycles. The summed E-state index contributed by atoms with van der Waals surface area (Å²) in [5.74, 6) is -0.955. The van der Waals surface area contributed by atoms with Crippen molar-refractivity contribution in [1.82, 2.24) is 5.32 Å². The van der Waals surface area contributed by atoms with Gasteiger partial charge in [0, 0.05) is 23.5 Å². The van der Waals surface area contributed by atoms with Crippen molar-refractivity contribution in [1.29, 1.82) is 0 Å². The first-order valence-electron chi connectivity index (χ1n) is 5.92. The van der Waals surface area contributed by atoms with Gasteiger partial charge < -0.3 is 15.7 Å². The Balaban J connectivity index is 2.40. The van der Waals surface area contributed by atoms with E-state index in [1.165, 1.54) is 0 Å². The van der Waals surface area contributed by atoms with E-state index in [0.717, 1.165) is 10.6 Å². The topological polar surface area (TPSA) is 78.4 Å². The second-order valence-corrected chi connectivity index (χ2v) is 5.15. The largest absolute Gasteiger partial charge is 0.481 e. The molecule has 0 aliphatic carbocycles. The predicted molar refractivity (Wildman–Crippen MR) is 76.7 cm³/mol. The maximum atomic E-state index is 11.6. The molecule has 0 saturated heterocycles. The number of urea groups is 1. The summed E-state index contributed by atoms with van der Waals surface area (Å²) >= 11 is 1.60. The number of carbonyl (C=O) groups is 2. The Labute approximate surface area is 116 Å². The molecule has 0 saturated carbocycles. The van der Waals surface area contributed by atoms with Gasteiger partial charge in [0.25, 0.3) is 0 Å². The number of carbonyl (C=O) groups excluding carboxylic acids is 1. The van der Waals surface area contributed by atoms with Crippen molar-refractivity contribution >= 4 is 29.4 Å². The number of aliphatic carboxylic acids is 1. The lowest BCUT2D eigenvalue weighted by atomic mass is 10.1. The molecule has 0 heterocycles. The van der Waals surface area contributed by atoms with Crippen LogP contribution in [0.4, 0.5) is 10.5 Å². The summed E-state index contributed by atoms with van der Waals surface area (Å²) in [6.45, 7) is 2.11. The highest BCUT2D eigenvalue weighted by atomic mass is 32.2. The first kappa shape index (κ1) is 15.4. The van der Waals surface area contributed by atoms with E-state index in [1.54, 1.807) is 24.8 Å². The molecule has 3 N–H and O–H groups in total. The van der Waals surface area contributed by atoms with Gasteiger partial charge in [-0.3, -0.25) is 4.79 Å². The molecule has 0 radical (unpaired) electrons. The van der Waals surface area contributed by atoms with Crippen molar-refractivity contribution in [3.8, 4) is 0 Å². The van der Waals surface area contributed by atoms with Gasteiger partial charge in [-0.15, -0.1) is 11.8 Å². The number of hydrogen-bond donors (Lipinski definition) is 3. The van der Waals surface area contributed by atoms with Crippen LogP contribution < -0.4 is 10.6 Å². The zero-order valence-corrected chi connectivity index (χ0v) is 11.8. The SMILES string of the molecule is CSc1cccc(NC(=O)NCC(C)CC(=O)O)c1. The minimum Gasteiger partial charge on any atom is -0.481 e. The van der Waals surface area contributed by atoms with Crippen LogP contribution in [0.2, 0.25) is 0 Å². The molecule has 19 heavy (non-hydrogen) atoms. The number of nitrogens with one attached hydrogen (secondary N) is 2. The summed E-state index contributed by atoms with van der Waals surface area (Å²) in [7, 11) is 0. The molecule has 0 fully saturated rings. The van der Waals surface area contributed by atoms with E-state index in [4.69, 9.17) is 5.11 Å². The fraction of sp³-hybridized carbons (Fsp3) is 0.385. The van der Waals surface area contributed by atoms with Gasteiger partial charge in [0.05, 0.1) is 0 Å². The Bertz CT molecular complexity index is 451. The maximum Gasteiger partial charge on any atom is 0.319 e. The van der Waals surface area contributed by atoms with Gasteiger partial charge in [-0.05, 0) is 30.4 Å². The number of rotatable bonds is 6. The third-order valence-corrected chi connectivity index (χ3v) is 3.19. The number of anilines is 1. The van der Waals surface area contributed by atoms with E-state index in [-0.39, 0.29) is 18.4 Å². The van der Waals surface area contributed by atoms with E-state index < -0.39 is 5.97 Å². The van der Waals surface area contributed by atoms with Crippen molar-refractivity contribution in [3.05, 3.63) is 24.3 Å². The van der Waals surface area contributed by atoms with E-state index in [1.807, 2.05) is 24.5 Å². The summed E-state index contributed by atoms with van der Waals surface area (Å²) in [6.07, 6.45) is 2.01. The summed E-state index contributed by atoms with van der Waals surface area (Å²) < 4.78 is 0. The average Bonchev–Trinajstić information content (AvgIpc) is 2.36. The van der Waals surface area contributed by atoms with Gasteiger partial charge in [0.1, 0.15) is 0 Å². The smallest absolute Gasteiger partial charge is 0.319 e. The molecule has 1 aromatic rings. The van der Waals surface area contributed by atoms with Crippen LogP contribution in [0, 0.1) is 5.92 Å². The standard InChI is InChI=1S/C13H18N2O3S/c1-9(6-12(16)17)8-14-13(18)15-10-4-3-5-11(7-10)19-2/h3-5,7,9H,6,8H2,1-2H3,(H,16,17)(H2,14,15,18). The second kappa shape index (κ2) is 7.68. The van der Waals surface area contributed by atoms with E-state index in [0.29, 0.717) is 6.54 Å². The fourth-order valence-corrected chi connectivity index (χ4v) is 1.97. The van der Waals surface area contributed by atoms with E-state index in [9.17, 15) is 9.59 Å². The van der Waals surface area contributed by atoms with E-state index >= 15 is 0 Å². The highest BCUT2D eigenvalue weighted by Gasteiger charge is 2.09. The molecule has 6 heteroatoms. The van der Waals surface area contributed by atoms with Crippen molar-refractivity contribution in [3.63, 3.8) is 0 Å². The molecule has 0 aliphatic heterocycles. The summed E-state index contributed by atoms with van der Waals surface area (Å²) in [4.78, 5) is 23.2. The van der Waals surface area contributed by atoms with Crippen molar-refractivity contribution < 1.29 is 14.7 Å². The predicted octanol–water partition coefficient (Wildman–Crippen LogP) is 2.64.